The number of aliphatic hydroxyl groups is 19. The van der Waals surface area contributed by atoms with Crippen LogP contribution in [0.3, 0.4) is 0 Å². The van der Waals surface area contributed by atoms with Crippen LogP contribution in [0.1, 0.15) is 0 Å². The first-order valence-electron chi connectivity index (χ1n) is 17.5. The Morgan fingerprint density at radius 2 is 0.860 bits per heavy atom. The van der Waals surface area contributed by atoms with Crippen molar-refractivity contribution < 1.29 is 135 Å². The van der Waals surface area contributed by atoms with E-state index in [9.17, 15) is 86.8 Å². The molecule has 5 aliphatic heterocycles. The second kappa shape index (κ2) is 19.3. The van der Waals surface area contributed by atoms with Crippen LogP contribution in [0.5, 0.6) is 0 Å². The summed E-state index contributed by atoms with van der Waals surface area (Å²) >= 11 is 0. The lowest BCUT2D eigenvalue weighted by atomic mass is 9.99. The van der Waals surface area contributed by atoms with E-state index in [2.05, 4.69) is 0 Å². The van der Waals surface area contributed by atoms with Gasteiger partial charge in [-0.05, 0) is 0 Å². The van der Waals surface area contributed by atoms with Gasteiger partial charge in [-0.15, -0.1) is 0 Å². The van der Waals surface area contributed by atoms with Crippen molar-refractivity contribution in [3.8, 4) is 0 Å². The molecule has 0 radical (unpaired) electrons. The van der Waals surface area contributed by atoms with Crippen LogP contribution >= 0.6 is 0 Å². The van der Waals surface area contributed by atoms with E-state index in [0.29, 0.717) is 0 Å². The largest absolute Gasteiger partial charge is 0.394 e. The van der Waals surface area contributed by atoms with Gasteiger partial charge in [-0.2, -0.15) is 0 Å². The fourth-order valence-electron chi connectivity index (χ4n) is 6.80. The van der Waals surface area contributed by atoms with Crippen molar-refractivity contribution in [1.29, 1.82) is 0 Å². The average Bonchev–Trinajstić information content (AvgIpc) is 3.80. The molecular weight excluding hydrogens is 792 g/mol. The maximum Gasteiger partial charge on any atom is 0.222 e. The minimum atomic E-state index is -2.61. The fourth-order valence-corrected chi connectivity index (χ4v) is 6.80. The first-order valence-corrected chi connectivity index (χ1v) is 17.5. The molecule has 5 saturated heterocycles. The molecule has 27 heteroatoms. The topological polar surface area (TPSA) is 458 Å². The third-order valence-electron chi connectivity index (χ3n) is 10.4. The molecule has 6 unspecified atom stereocenters. The highest BCUT2D eigenvalue weighted by molar-refractivity contribution is 5.02. The van der Waals surface area contributed by atoms with Gasteiger partial charge in [0, 0.05) is 0 Å². The molecule has 5 aliphatic rings. The van der Waals surface area contributed by atoms with E-state index in [0.717, 1.165) is 0 Å². The van der Waals surface area contributed by atoms with Crippen LogP contribution in [-0.2, 0) is 37.9 Å². The van der Waals surface area contributed by atoms with Gasteiger partial charge in [0.05, 0.1) is 39.6 Å². The van der Waals surface area contributed by atoms with Gasteiger partial charge in [0.2, 0.25) is 23.1 Å². The first kappa shape index (κ1) is 48.6. The monoisotopic (exact) mass is 846 g/mol. The van der Waals surface area contributed by atoms with E-state index in [1.165, 1.54) is 0 Å². The van der Waals surface area contributed by atoms with E-state index in [4.69, 9.17) is 48.1 Å². The van der Waals surface area contributed by atoms with Crippen molar-refractivity contribution in [3.63, 3.8) is 0 Å². The Bertz CT molecular complexity index is 1260. The van der Waals surface area contributed by atoms with Gasteiger partial charge in [-0.3, -0.25) is 0 Å². The van der Waals surface area contributed by atoms with Crippen molar-refractivity contribution in [2.75, 3.05) is 59.5 Å². The Morgan fingerprint density at radius 3 is 1.33 bits per heavy atom. The van der Waals surface area contributed by atoms with E-state index < -0.39 is 187 Å². The summed E-state index contributed by atoms with van der Waals surface area (Å²) in [6.45, 7) is -7.65. The molecule has 21 atom stereocenters. The van der Waals surface area contributed by atoms with Crippen molar-refractivity contribution in [2.24, 2.45) is 0 Å². The zero-order valence-corrected chi connectivity index (χ0v) is 29.9. The molecule has 0 bridgehead atoms. The summed E-state index contributed by atoms with van der Waals surface area (Å²) in [5.74, 6) is -9.73. The van der Waals surface area contributed by atoms with Crippen LogP contribution in [0.15, 0.2) is 0 Å². The number of rotatable bonds is 15. The Hall–Kier alpha value is -1.08. The minimum Gasteiger partial charge on any atom is -0.394 e. The Labute approximate surface area is 321 Å². The average molecular weight is 847 g/mol. The van der Waals surface area contributed by atoms with Crippen LogP contribution in [0.25, 0.3) is 0 Å². The molecule has 0 aliphatic carbocycles. The SMILES string of the molecule is OCC1O[C@@H](OC2[C@@H](O)[C@@](O)(CO)O[C@@H]2CO)C(O)[C@@H](O)[C@H]1O.OC[C@H]1O[C@@](CO)(OC[C@@]2(OC[C@@]3(O)O[C@H](CO)C(O)[C@H]3O)O[C@H](CO)C(O)[C@H]2O)[C@H](O)C1O. The number of hydrogen-bond donors (Lipinski definition) is 19. The minimum absolute atomic E-state index is 0.668. The molecular formula is C30H54O27. The predicted molar refractivity (Wildman–Crippen MR) is 170 cm³/mol. The highest BCUT2D eigenvalue weighted by Gasteiger charge is 2.62. The van der Waals surface area contributed by atoms with Crippen molar-refractivity contribution in [3.05, 3.63) is 0 Å². The van der Waals surface area contributed by atoms with Crippen molar-refractivity contribution in [1.82, 2.24) is 0 Å². The van der Waals surface area contributed by atoms with Crippen LogP contribution < -0.4 is 0 Å². The molecule has 57 heavy (non-hydrogen) atoms. The molecule has 0 aromatic rings. The molecule has 0 aromatic heterocycles. The lowest BCUT2D eigenvalue weighted by molar-refractivity contribution is -0.359. The van der Waals surface area contributed by atoms with E-state index in [-0.39, 0.29) is 0 Å². The Morgan fingerprint density at radius 1 is 0.404 bits per heavy atom. The molecule has 5 fully saturated rings. The standard InChI is InChI=1S/C18H32O16.C12H22O11/c19-1-7-10(23)13(26)16(29,32-7)5-30-18(15(28)12(25)9(3-21)34-18)6-31-17(4-22)14(27)11(24)8(2-20)33-17;13-1-4-6(16)7(17)8(18)11(21-4)22-9-5(2-14)23-12(20,3-15)10(9)19/h7-15,19-29H,1-6H2;4-11,13-20H,1-3H2/t7-,8-,9-,10?,11?,12?,13-,14-,15-,16-,17-,18-;4?,5-,6+,7+,8?,9?,10-,11+,12-/m11/s1. The Kier molecular flexibility index (Phi) is 16.5. The highest BCUT2D eigenvalue weighted by atomic mass is 16.8. The summed E-state index contributed by atoms with van der Waals surface area (Å²) < 4.78 is 41.9. The molecule has 0 aromatic carbocycles. The highest BCUT2D eigenvalue weighted by Crippen LogP contribution is 2.40. The van der Waals surface area contributed by atoms with E-state index in [1.807, 2.05) is 0 Å². The summed E-state index contributed by atoms with van der Waals surface area (Å²) in [6.07, 6.45) is -27.3. The van der Waals surface area contributed by atoms with Gasteiger partial charge in [0.25, 0.3) is 0 Å². The summed E-state index contributed by atoms with van der Waals surface area (Å²) in [7, 11) is 0. The van der Waals surface area contributed by atoms with Gasteiger partial charge in [0.15, 0.2) is 6.29 Å². The fraction of sp³-hybridized carbons (Fsp3) is 1.00. The number of aliphatic hydroxyl groups excluding tert-OH is 17. The summed E-state index contributed by atoms with van der Waals surface area (Å²) in [6, 6.07) is 0. The van der Waals surface area contributed by atoms with Gasteiger partial charge in [-0.1, -0.05) is 0 Å². The zero-order chi connectivity index (χ0) is 42.8. The predicted octanol–water partition coefficient (Wildman–Crippen LogP) is -13.0. The molecule has 27 nitrogen and oxygen atoms in total. The lowest BCUT2D eigenvalue weighted by Crippen LogP contribution is -2.60. The maximum absolute atomic E-state index is 10.6. The molecule has 5 rings (SSSR count). The number of ether oxygens (including phenoxy) is 8. The van der Waals surface area contributed by atoms with E-state index >= 15 is 0 Å². The van der Waals surface area contributed by atoms with Crippen LogP contribution in [0.4, 0.5) is 0 Å². The Balaban J connectivity index is 0.000000273. The maximum atomic E-state index is 10.6. The third-order valence-corrected chi connectivity index (χ3v) is 10.4. The quantitative estimate of drug-likeness (QED) is 0.0727. The van der Waals surface area contributed by atoms with Gasteiger partial charge < -0.3 is 135 Å². The van der Waals surface area contributed by atoms with Gasteiger partial charge in [0.1, 0.15) is 117 Å². The third kappa shape index (κ3) is 9.25. The van der Waals surface area contributed by atoms with Crippen molar-refractivity contribution >= 4 is 0 Å². The van der Waals surface area contributed by atoms with Crippen LogP contribution in [-0.4, -0.2) is 284 Å². The molecule has 0 saturated carbocycles. The second-order valence-electron chi connectivity index (χ2n) is 14.1. The number of hydrogen-bond acceptors (Lipinski definition) is 27. The molecule has 5 heterocycles. The summed E-state index contributed by atoms with van der Waals surface area (Å²) in [5.41, 5.74) is 0. The van der Waals surface area contributed by atoms with E-state index in [1.54, 1.807) is 0 Å². The van der Waals surface area contributed by atoms with Gasteiger partial charge >= 0.3 is 0 Å². The smallest absolute Gasteiger partial charge is 0.222 e. The zero-order valence-electron chi connectivity index (χ0n) is 29.9. The molecule has 0 spiro atoms. The summed E-state index contributed by atoms with van der Waals surface area (Å²) in [5, 5.41) is 186. The summed E-state index contributed by atoms with van der Waals surface area (Å²) in [4.78, 5) is 0. The molecule has 0 amide bonds. The normalized spacial score (nSPS) is 51.3. The molecule has 19 N–H and O–H groups in total. The first-order chi connectivity index (χ1) is 26.7. The lowest BCUT2D eigenvalue weighted by Gasteiger charge is -2.41. The van der Waals surface area contributed by atoms with Crippen molar-refractivity contribution in [2.45, 2.75) is 127 Å². The van der Waals surface area contributed by atoms with Crippen LogP contribution in [0.2, 0.25) is 0 Å². The second-order valence-corrected chi connectivity index (χ2v) is 14.1. The van der Waals surface area contributed by atoms with Crippen LogP contribution in [0, 0.1) is 0 Å². The molecule has 336 valence electrons. The van der Waals surface area contributed by atoms with Gasteiger partial charge in [-0.25, -0.2) is 0 Å².